The predicted octanol–water partition coefficient (Wildman–Crippen LogP) is 7.02. The van der Waals surface area contributed by atoms with Gasteiger partial charge in [0.05, 0.1) is 11.3 Å². The molecule has 33 heavy (non-hydrogen) atoms. The van der Waals surface area contributed by atoms with Gasteiger partial charge in [0.25, 0.3) is 0 Å². The lowest BCUT2D eigenvalue weighted by Gasteiger charge is -2.12. The Morgan fingerprint density at radius 3 is 2.03 bits per heavy atom. The number of carboxylic acids is 1. The summed E-state index contributed by atoms with van der Waals surface area (Å²) >= 11 is 0. The van der Waals surface area contributed by atoms with Crippen LogP contribution in [0.2, 0.25) is 0 Å². The zero-order valence-corrected chi connectivity index (χ0v) is 20.2. The molecule has 2 aromatic heterocycles. The van der Waals surface area contributed by atoms with Crippen molar-refractivity contribution in [2.24, 2.45) is 5.73 Å². The van der Waals surface area contributed by atoms with Crippen molar-refractivity contribution in [3.8, 4) is 22.5 Å². The number of unbranched alkanes of at least 4 members (excludes halogenated alkanes) is 7. The van der Waals surface area contributed by atoms with Crippen LogP contribution in [-0.2, 0) is 6.54 Å². The number of carbonyl (C=O) groups is 1. The van der Waals surface area contributed by atoms with E-state index in [1.54, 1.807) is 18.5 Å². The highest BCUT2D eigenvalue weighted by Crippen LogP contribution is 2.32. The largest absolute Gasteiger partial charge is 0.478 e. The van der Waals surface area contributed by atoms with Crippen LogP contribution in [0.4, 0.5) is 0 Å². The van der Waals surface area contributed by atoms with Gasteiger partial charge < -0.3 is 15.4 Å². The number of carboxylic acid groups (broad SMARTS) is 1. The van der Waals surface area contributed by atoms with Crippen LogP contribution >= 0.6 is 0 Å². The monoisotopic (exact) mass is 449 g/mol. The van der Waals surface area contributed by atoms with Gasteiger partial charge in [0.1, 0.15) is 0 Å². The first-order valence-corrected chi connectivity index (χ1v) is 12.3. The van der Waals surface area contributed by atoms with Gasteiger partial charge in [-0.05, 0) is 43.7 Å². The van der Waals surface area contributed by atoms with Crippen LogP contribution in [0.3, 0.4) is 0 Å². The van der Waals surface area contributed by atoms with Crippen LogP contribution in [0, 0.1) is 0 Å². The minimum Gasteiger partial charge on any atom is -0.478 e. The zero-order valence-electron chi connectivity index (χ0n) is 20.2. The smallest absolute Gasteiger partial charge is 0.337 e. The van der Waals surface area contributed by atoms with E-state index in [0.29, 0.717) is 12.1 Å². The number of nitrogens with two attached hydrogens (primary N) is 1. The highest BCUT2D eigenvalue weighted by atomic mass is 16.4. The molecule has 0 spiro atoms. The molecule has 0 aliphatic carbocycles. The molecule has 0 saturated heterocycles. The standard InChI is InChI=1S/C18H16N2O2.C10H23N/c1-2-20-16(13-8-10-19-11-9-13)12-15(18(21)22)17(20)14-6-4-3-5-7-14;1-2-3-4-5-6-7-8-9-10-11/h3-12H,2H2,1H3,(H,21,22);2-11H2,1H3. The van der Waals surface area contributed by atoms with Crippen LogP contribution in [-0.4, -0.2) is 27.2 Å². The SMILES string of the molecule is CCCCCCCCCCN.CCn1c(-c2ccncc2)cc(C(=O)O)c1-c1ccccc1. The lowest BCUT2D eigenvalue weighted by Crippen LogP contribution is -2.03. The van der Waals surface area contributed by atoms with Gasteiger partial charge in [-0.3, -0.25) is 4.98 Å². The van der Waals surface area contributed by atoms with E-state index in [0.717, 1.165) is 29.1 Å². The third-order valence-electron chi connectivity index (χ3n) is 5.72. The van der Waals surface area contributed by atoms with Gasteiger partial charge in [0.2, 0.25) is 0 Å². The Labute approximate surface area is 198 Å². The average Bonchev–Trinajstić information content (AvgIpc) is 3.25. The Morgan fingerprint density at radius 2 is 1.48 bits per heavy atom. The van der Waals surface area contributed by atoms with E-state index in [1.807, 2.05) is 54.0 Å². The lowest BCUT2D eigenvalue weighted by molar-refractivity contribution is 0.0697. The van der Waals surface area contributed by atoms with Crippen molar-refractivity contribution in [2.75, 3.05) is 6.54 Å². The first-order valence-electron chi connectivity index (χ1n) is 12.3. The fraction of sp³-hybridized carbons (Fsp3) is 0.429. The van der Waals surface area contributed by atoms with Crippen molar-refractivity contribution in [3.05, 3.63) is 66.5 Å². The molecule has 0 bridgehead atoms. The van der Waals surface area contributed by atoms with Gasteiger partial charge in [-0.25, -0.2) is 4.79 Å². The van der Waals surface area contributed by atoms with Crippen LogP contribution < -0.4 is 5.73 Å². The van der Waals surface area contributed by atoms with Gasteiger partial charge in [-0.1, -0.05) is 82.2 Å². The lowest BCUT2D eigenvalue weighted by atomic mass is 10.1. The van der Waals surface area contributed by atoms with Gasteiger partial charge >= 0.3 is 5.97 Å². The van der Waals surface area contributed by atoms with E-state index in [4.69, 9.17) is 5.73 Å². The summed E-state index contributed by atoms with van der Waals surface area (Å²) in [7, 11) is 0. The topological polar surface area (TPSA) is 81.1 Å². The second-order valence-corrected chi connectivity index (χ2v) is 8.21. The van der Waals surface area contributed by atoms with Crippen molar-refractivity contribution in [1.82, 2.24) is 9.55 Å². The van der Waals surface area contributed by atoms with E-state index in [2.05, 4.69) is 11.9 Å². The highest BCUT2D eigenvalue weighted by Gasteiger charge is 2.21. The molecule has 1 aromatic carbocycles. The fourth-order valence-corrected chi connectivity index (χ4v) is 3.99. The highest BCUT2D eigenvalue weighted by molar-refractivity contribution is 5.97. The Balaban J connectivity index is 0.000000299. The normalized spacial score (nSPS) is 10.5. The minimum atomic E-state index is -0.915. The molecule has 3 N–H and O–H groups in total. The molecule has 5 heteroatoms. The van der Waals surface area contributed by atoms with E-state index < -0.39 is 5.97 Å². The summed E-state index contributed by atoms with van der Waals surface area (Å²) in [6.45, 7) is 5.83. The number of pyridine rings is 1. The Morgan fingerprint density at radius 1 is 0.879 bits per heavy atom. The van der Waals surface area contributed by atoms with Crippen molar-refractivity contribution < 1.29 is 9.90 Å². The van der Waals surface area contributed by atoms with E-state index in [9.17, 15) is 9.90 Å². The maximum absolute atomic E-state index is 11.7. The molecule has 0 saturated carbocycles. The molecule has 0 aliphatic rings. The van der Waals surface area contributed by atoms with E-state index in [1.165, 1.54) is 51.4 Å². The molecule has 0 unspecified atom stereocenters. The fourth-order valence-electron chi connectivity index (χ4n) is 3.99. The third-order valence-corrected chi connectivity index (χ3v) is 5.72. The number of aromatic nitrogens is 2. The minimum absolute atomic E-state index is 0.319. The quantitative estimate of drug-likeness (QED) is 0.291. The Kier molecular flexibility index (Phi) is 12.0. The van der Waals surface area contributed by atoms with Crippen LogP contribution in [0.15, 0.2) is 60.9 Å². The van der Waals surface area contributed by atoms with Crippen molar-refractivity contribution in [2.45, 2.75) is 71.8 Å². The van der Waals surface area contributed by atoms with Crippen LogP contribution in [0.25, 0.3) is 22.5 Å². The van der Waals surface area contributed by atoms with Gasteiger partial charge in [0.15, 0.2) is 0 Å². The number of rotatable bonds is 12. The molecule has 178 valence electrons. The van der Waals surface area contributed by atoms with Gasteiger partial charge in [0, 0.05) is 30.2 Å². The van der Waals surface area contributed by atoms with E-state index in [-0.39, 0.29) is 0 Å². The first-order chi connectivity index (χ1) is 16.1. The Bertz CT molecular complexity index is 929. The van der Waals surface area contributed by atoms with Crippen LogP contribution in [0.5, 0.6) is 0 Å². The molecular weight excluding hydrogens is 410 g/mol. The molecule has 0 aliphatic heterocycles. The molecule has 0 amide bonds. The number of benzene rings is 1. The summed E-state index contributed by atoms with van der Waals surface area (Å²) in [6, 6.07) is 15.1. The van der Waals surface area contributed by atoms with Crippen molar-refractivity contribution in [3.63, 3.8) is 0 Å². The molecule has 3 aromatic rings. The van der Waals surface area contributed by atoms with Crippen molar-refractivity contribution >= 4 is 5.97 Å². The first kappa shape index (κ1) is 26.3. The number of hydrogen-bond acceptors (Lipinski definition) is 3. The summed E-state index contributed by atoms with van der Waals surface area (Å²) in [6.07, 6.45) is 14.4. The maximum Gasteiger partial charge on any atom is 0.337 e. The van der Waals surface area contributed by atoms with E-state index >= 15 is 0 Å². The molecule has 2 heterocycles. The van der Waals surface area contributed by atoms with Crippen LogP contribution in [0.1, 0.15) is 75.6 Å². The molecular formula is C28H39N3O2. The summed E-state index contributed by atoms with van der Waals surface area (Å²) in [4.78, 5) is 15.7. The summed E-state index contributed by atoms with van der Waals surface area (Å²) in [5.41, 5.74) is 9.20. The second kappa shape index (κ2) is 15.0. The zero-order chi connectivity index (χ0) is 23.9. The second-order valence-electron chi connectivity index (χ2n) is 8.21. The number of nitrogens with zero attached hydrogens (tertiary/aromatic N) is 2. The van der Waals surface area contributed by atoms with Gasteiger partial charge in [-0.15, -0.1) is 0 Å². The molecule has 0 atom stereocenters. The molecule has 0 radical (unpaired) electrons. The molecule has 3 rings (SSSR count). The number of hydrogen-bond donors (Lipinski definition) is 2. The average molecular weight is 450 g/mol. The summed E-state index contributed by atoms with van der Waals surface area (Å²) in [5, 5.41) is 9.58. The summed E-state index contributed by atoms with van der Waals surface area (Å²) in [5.74, 6) is -0.915. The molecule has 5 nitrogen and oxygen atoms in total. The van der Waals surface area contributed by atoms with Gasteiger partial charge in [-0.2, -0.15) is 0 Å². The number of aromatic carboxylic acids is 1. The third kappa shape index (κ3) is 8.17. The Hall–Kier alpha value is -2.92. The predicted molar refractivity (Wildman–Crippen MR) is 137 cm³/mol. The summed E-state index contributed by atoms with van der Waals surface area (Å²) < 4.78 is 2.04. The molecule has 0 fully saturated rings. The maximum atomic E-state index is 11.7. The van der Waals surface area contributed by atoms with Crippen molar-refractivity contribution in [1.29, 1.82) is 0 Å².